The molecular weight excluding hydrogens is 260 g/mol. The van der Waals surface area contributed by atoms with Crippen LogP contribution in [-0.2, 0) is 4.79 Å². The molecule has 2 rings (SSSR count). The second kappa shape index (κ2) is 6.44. The van der Waals surface area contributed by atoms with E-state index in [0.29, 0.717) is 0 Å². The van der Waals surface area contributed by atoms with Gasteiger partial charge in [-0.1, -0.05) is 6.07 Å². The third kappa shape index (κ3) is 3.75. The van der Waals surface area contributed by atoms with Crippen molar-refractivity contribution in [1.82, 2.24) is 10.2 Å². The van der Waals surface area contributed by atoms with Gasteiger partial charge in [-0.3, -0.25) is 19.8 Å². The van der Waals surface area contributed by atoms with Gasteiger partial charge in [-0.05, 0) is 18.6 Å². The van der Waals surface area contributed by atoms with Crippen molar-refractivity contribution in [3.63, 3.8) is 0 Å². The van der Waals surface area contributed by atoms with Crippen LogP contribution in [0.2, 0.25) is 0 Å². The number of carbonyl (C=O) groups is 1. The highest BCUT2D eigenvalue weighted by Crippen LogP contribution is 2.25. The molecule has 0 aromatic heterocycles. The largest absolute Gasteiger partial charge is 0.319 e. The van der Waals surface area contributed by atoms with Gasteiger partial charge >= 0.3 is 0 Å². The van der Waals surface area contributed by atoms with Gasteiger partial charge in [0.05, 0.1) is 11.5 Å². The van der Waals surface area contributed by atoms with E-state index in [2.05, 4.69) is 10.6 Å². The van der Waals surface area contributed by atoms with E-state index in [4.69, 9.17) is 0 Å². The number of nitro groups is 1. The first-order valence-corrected chi connectivity index (χ1v) is 6.54. The maximum Gasteiger partial charge on any atom is 0.292 e. The summed E-state index contributed by atoms with van der Waals surface area (Å²) in [5, 5.41) is 16.8. The molecule has 0 atom stereocenters. The van der Waals surface area contributed by atoms with Crippen LogP contribution in [0.25, 0.3) is 0 Å². The molecule has 0 aliphatic carbocycles. The highest BCUT2D eigenvalue weighted by atomic mass is 16.6. The van der Waals surface area contributed by atoms with Gasteiger partial charge in [0.25, 0.3) is 5.69 Å². The first kappa shape index (κ1) is 14.4. The van der Waals surface area contributed by atoms with Crippen LogP contribution < -0.4 is 10.6 Å². The minimum absolute atomic E-state index is 0.0794. The lowest BCUT2D eigenvalue weighted by molar-refractivity contribution is -0.383. The van der Waals surface area contributed by atoms with E-state index in [0.717, 1.165) is 31.7 Å². The molecule has 0 unspecified atom stereocenters. The number of carbonyl (C=O) groups excluding carboxylic acids is 1. The van der Waals surface area contributed by atoms with Crippen molar-refractivity contribution in [2.24, 2.45) is 0 Å². The number of anilines is 1. The number of hydrogen-bond donors (Lipinski definition) is 2. The molecule has 1 heterocycles. The average molecular weight is 278 g/mol. The molecular formula is C13H18N4O3. The predicted molar refractivity (Wildman–Crippen MR) is 75.8 cm³/mol. The van der Waals surface area contributed by atoms with E-state index in [1.54, 1.807) is 12.1 Å². The molecule has 1 aliphatic rings. The van der Waals surface area contributed by atoms with Crippen LogP contribution in [0.3, 0.4) is 0 Å². The number of piperazine rings is 1. The number of amides is 1. The molecule has 1 aromatic rings. The van der Waals surface area contributed by atoms with E-state index in [1.807, 2.05) is 11.8 Å². The molecule has 7 heteroatoms. The van der Waals surface area contributed by atoms with E-state index >= 15 is 0 Å². The van der Waals surface area contributed by atoms with Crippen molar-refractivity contribution in [3.05, 3.63) is 33.9 Å². The minimum atomic E-state index is -0.486. The van der Waals surface area contributed by atoms with E-state index in [9.17, 15) is 14.9 Å². The number of nitrogens with zero attached hydrogens (tertiary/aromatic N) is 2. The van der Waals surface area contributed by atoms with E-state index < -0.39 is 4.92 Å². The maximum atomic E-state index is 12.0. The topological polar surface area (TPSA) is 87.5 Å². The lowest BCUT2D eigenvalue weighted by atomic mass is 10.2. The fourth-order valence-corrected chi connectivity index (χ4v) is 2.17. The molecule has 2 N–H and O–H groups in total. The lowest BCUT2D eigenvalue weighted by Gasteiger charge is -2.26. The zero-order valence-corrected chi connectivity index (χ0v) is 11.4. The smallest absolute Gasteiger partial charge is 0.292 e. The minimum Gasteiger partial charge on any atom is -0.319 e. The van der Waals surface area contributed by atoms with Crippen molar-refractivity contribution in [3.8, 4) is 0 Å². The number of nitro benzene ring substituents is 1. The molecule has 1 fully saturated rings. The molecule has 1 aliphatic heterocycles. The summed E-state index contributed by atoms with van der Waals surface area (Å²) in [5.41, 5.74) is 1.05. The van der Waals surface area contributed by atoms with Crippen LogP contribution in [0.1, 0.15) is 5.56 Å². The Labute approximate surface area is 117 Å². The Hall–Kier alpha value is -1.99. The summed E-state index contributed by atoms with van der Waals surface area (Å²) in [6.45, 7) is 5.42. The van der Waals surface area contributed by atoms with Crippen molar-refractivity contribution < 1.29 is 9.72 Å². The van der Waals surface area contributed by atoms with Crippen LogP contribution in [-0.4, -0.2) is 48.5 Å². The Balaban J connectivity index is 2.03. The van der Waals surface area contributed by atoms with Crippen molar-refractivity contribution in [2.45, 2.75) is 6.92 Å². The summed E-state index contributed by atoms with van der Waals surface area (Å²) in [4.78, 5) is 24.4. The average Bonchev–Trinajstić information content (AvgIpc) is 2.39. The Morgan fingerprint density at radius 1 is 1.45 bits per heavy atom. The lowest BCUT2D eigenvalue weighted by Crippen LogP contribution is -2.46. The summed E-state index contributed by atoms with van der Waals surface area (Å²) in [5.74, 6) is -0.222. The van der Waals surface area contributed by atoms with Crippen LogP contribution >= 0.6 is 0 Å². The molecule has 0 saturated carbocycles. The second-order valence-electron chi connectivity index (χ2n) is 4.85. The van der Waals surface area contributed by atoms with Gasteiger partial charge in [-0.2, -0.15) is 0 Å². The summed E-state index contributed by atoms with van der Waals surface area (Å²) in [6.07, 6.45) is 0. The first-order valence-electron chi connectivity index (χ1n) is 6.54. The normalized spacial score (nSPS) is 15.8. The van der Waals surface area contributed by atoms with E-state index in [-0.39, 0.29) is 23.8 Å². The standard InChI is InChI=1S/C13H18N4O3/c1-10-2-3-12(17(19)20)11(8-10)15-13(18)9-16-6-4-14-5-7-16/h2-3,8,14H,4-7,9H2,1H3,(H,15,18). The quantitative estimate of drug-likeness (QED) is 0.626. The Kier molecular flexibility index (Phi) is 4.65. The van der Waals surface area contributed by atoms with Gasteiger partial charge in [-0.15, -0.1) is 0 Å². The summed E-state index contributed by atoms with van der Waals surface area (Å²) < 4.78 is 0. The van der Waals surface area contributed by atoms with Gasteiger partial charge in [-0.25, -0.2) is 0 Å². The number of nitrogens with one attached hydrogen (secondary N) is 2. The summed E-state index contributed by atoms with van der Waals surface area (Å²) in [6, 6.07) is 4.69. The maximum absolute atomic E-state index is 12.0. The molecule has 0 bridgehead atoms. The van der Waals surface area contributed by atoms with Crippen LogP contribution in [0, 0.1) is 17.0 Å². The highest BCUT2D eigenvalue weighted by molar-refractivity contribution is 5.94. The highest BCUT2D eigenvalue weighted by Gasteiger charge is 2.18. The number of rotatable bonds is 4. The van der Waals surface area contributed by atoms with Gasteiger partial charge in [0, 0.05) is 32.2 Å². The zero-order valence-electron chi connectivity index (χ0n) is 11.4. The molecule has 1 saturated heterocycles. The second-order valence-corrected chi connectivity index (χ2v) is 4.85. The predicted octanol–water partition coefficient (Wildman–Crippen LogP) is 0.747. The van der Waals surface area contributed by atoms with Crippen LogP contribution in [0.15, 0.2) is 18.2 Å². The van der Waals surface area contributed by atoms with Crippen LogP contribution in [0.5, 0.6) is 0 Å². The number of hydrogen-bond acceptors (Lipinski definition) is 5. The zero-order chi connectivity index (χ0) is 14.5. The third-order valence-corrected chi connectivity index (χ3v) is 3.20. The molecule has 108 valence electrons. The van der Waals surface area contributed by atoms with Gasteiger partial charge in [0.15, 0.2) is 0 Å². The van der Waals surface area contributed by atoms with Crippen molar-refractivity contribution in [1.29, 1.82) is 0 Å². The first-order chi connectivity index (χ1) is 9.56. The molecule has 0 spiro atoms. The molecule has 20 heavy (non-hydrogen) atoms. The molecule has 0 radical (unpaired) electrons. The molecule has 1 aromatic carbocycles. The van der Waals surface area contributed by atoms with E-state index in [1.165, 1.54) is 6.07 Å². The van der Waals surface area contributed by atoms with Crippen LogP contribution in [0.4, 0.5) is 11.4 Å². The summed E-state index contributed by atoms with van der Waals surface area (Å²) >= 11 is 0. The number of aryl methyl sites for hydroxylation is 1. The Morgan fingerprint density at radius 2 is 2.15 bits per heavy atom. The fraction of sp³-hybridized carbons (Fsp3) is 0.462. The third-order valence-electron chi connectivity index (χ3n) is 3.20. The molecule has 1 amide bonds. The van der Waals surface area contributed by atoms with Gasteiger partial charge in [0.2, 0.25) is 5.91 Å². The van der Waals surface area contributed by atoms with Crippen molar-refractivity contribution in [2.75, 3.05) is 38.0 Å². The Bertz CT molecular complexity index is 512. The monoisotopic (exact) mass is 278 g/mol. The Morgan fingerprint density at radius 3 is 2.80 bits per heavy atom. The van der Waals surface area contributed by atoms with Gasteiger partial charge in [0.1, 0.15) is 5.69 Å². The van der Waals surface area contributed by atoms with Gasteiger partial charge < -0.3 is 10.6 Å². The summed E-state index contributed by atoms with van der Waals surface area (Å²) in [7, 11) is 0. The SMILES string of the molecule is Cc1ccc([N+](=O)[O-])c(NC(=O)CN2CCNCC2)c1. The molecule has 7 nitrogen and oxygen atoms in total. The number of benzene rings is 1. The fourth-order valence-electron chi connectivity index (χ4n) is 2.17. The van der Waals surface area contributed by atoms with Crippen molar-refractivity contribution >= 4 is 17.3 Å².